The minimum atomic E-state index is -0.898. The number of aliphatic hydroxyl groups is 1. The molecule has 0 aliphatic carbocycles. The van der Waals surface area contributed by atoms with E-state index in [1.165, 1.54) is 6.08 Å². The van der Waals surface area contributed by atoms with Crippen molar-refractivity contribution in [1.82, 2.24) is 0 Å². The van der Waals surface area contributed by atoms with E-state index in [0.29, 0.717) is 0 Å². The summed E-state index contributed by atoms with van der Waals surface area (Å²) in [5, 5.41) is 9.47. The van der Waals surface area contributed by atoms with Crippen LogP contribution in [0.4, 0.5) is 0 Å². The lowest BCUT2D eigenvalue weighted by Crippen LogP contribution is -2.23. The molecule has 0 aliphatic heterocycles. The molecule has 0 spiro atoms. The molecule has 0 aliphatic rings. The third-order valence-electron chi connectivity index (χ3n) is 2.16. The van der Waals surface area contributed by atoms with Gasteiger partial charge in [0.25, 0.3) is 0 Å². The summed E-state index contributed by atoms with van der Waals surface area (Å²) in [7, 11) is 0. The van der Waals surface area contributed by atoms with Crippen molar-refractivity contribution in [2.24, 2.45) is 5.92 Å². The summed E-state index contributed by atoms with van der Waals surface area (Å²) < 4.78 is 0. The van der Waals surface area contributed by atoms with Crippen LogP contribution in [0.25, 0.3) is 6.08 Å². The van der Waals surface area contributed by atoms with Gasteiger partial charge in [0.1, 0.15) is 6.10 Å². The largest absolute Gasteiger partial charge is 0.385 e. The first-order chi connectivity index (χ1) is 7.11. The molecule has 2 nitrogen and oxygen atoms in total. The van der Waals surface area contributed by atoms with E-state index in [9.17, 15) is 9.90 Å². The van der Waals surface area contributed by atoms with Crippen molar-refractivity contribution in [3.63, 3.8) is 0 Å². The van der Waals surface area contributed by atoms with Crippen LogP contribution >= 0.6 is 0 Å². The van der Waals surface area contributed by atoms with Gasteiger partial charge >= 0.3 is 0 Å². The minimum absolute atomic E-state index is 0.0436. The molecule has 1 aromatic rings. The van der Waals surface area contributed by atoms with Crippen LogP contribution in [-0.4, -0.2) is 17.0 Å². The highest BCUT2D eigenvalue weighted by molar-refractivity contribution is 5.96. The standard InChI is InChI=1S/C13H16O2/c1-10(2)13(15)12(14)9-8-11-6-4-3-5-7-11/h3-10,13,15H,1-2H3/b9-8+/t13-/m1/s1. The lowest BCUT2D eigenvalue weighted by Gasteiger charge is -2.09. The number of ketones is 1. The monoisotopic (exact) mass is 204 g/mol. The van der Waals surface area contributed by atoms with Crippen molar-refractivity contribution >= 4 is 11.9 Å². The highest BCUT2D eigenvalue weighted by Gasteiger charge is 2.15. The van der Waals surface area contributed by atoms with Crippen LogP contribution in [0.2, 0.25) is 0 Å². The van der Waals surface area contributed by atoms with Gasteiger partial charge < -0.3 is 5.11 Å². The minimum Gasteiger partial charge on any atom is -0.385 e. The zero-order chi connectivity index (χ0) is 11.3. The Balaban J connectivity index is 2.63. The van der Waals surface area contributed by atoms with Crippen LogP contribution in [-0.2, 0) is 4.79 Å². The molecule has 0 fully saturated rings. The molecule has 0 saturated heterocycles. The maximum Gasteiger partial charge on any atom is 0.184 e. The quantitative estimate of drug-likeness (QED) is 0.764. The molecule has 0 heterocycles. The number of carbonyl (C=O) groups excluding carboxylic acids is 1. The molecule has 0 bridgehead atoms. The SMILES string of the molecule is CC(C)[C@@H](O)C(=O)/C=C/c1ccccc1. The van der Waals surface area contributed by atoms with Gasteiger partial charge in [-0.3, -0.25) is 4.79 Å². The van der Waals surface area contributed by atoms with Gasteiger partial charge in [0.2, 0.25) is 0 Å². The molecule has 1 aromatic carbocycles. The molecule has 1 rings (SSSR count). The smallest absolute Gasteiger partial charge is 0.184 e. The number of carbonyl (C=O) groups is 1. The molecule has 1 N–H and O–H groups in total. The number of hydrogen-bond donors (Lipinski definition) is 1. The lowest BCUT2D eigenvalue weighted by molar-refractivity contribution is -0.124. The van der Waals surface area contributed by atoms with E-state index >= 15 is 0 Å². The van der Waals surface area contributed by atoms with E-state index in [1.54, 1.807) is 6.08 Å². The maximum absolute atomic E-state index is 11.4. The summed E-state index contributed by atoms with van der Waals surface area (Å²) in [6.07, 6.45) is 2.25. The number of benzene rings is 1. The molecule has 0 radical (unpaired) electrons. The second-order valence-electron chi connectivity index (χ2n) is 3.84. The molecule has 15 heavy (non-hydrogen) atoms. The van der Waals surface area contributed by atoms with Crippen molar-refractivity contribution in [1.29, 1.82) is 0 Å². The Morgan fingerprint density at radius 1 is 1.27 bits per heavy atom. The third kappa shape index (κ3) is 3.68. The number of hydrogen-bond acceptors (Lipinski definition) is 2. The van der Waals surface area contributed by atoms with E-state index in [1.807, 2.05) is 44.2 Å². The van der Waals surface area contributed by atoms with Gasteiger partial charge in [-0.2, -0.15) is 0 Å². The summed E-state index contributed by atoms with van der Waals surface area (Å²) in [5.74, 6) is -0.285. The highest BCUT2D eigenvalue weighted by atomic mass is 16.3. The van der Waals surface area contributed by atoms with Crippen LogP contribution in [0.3, 0.4) is 0 Å². The van der Waals surface area contributed by atoms with Gasteiger partial charge in [0, 0.05) is 0 Å². The number of aliphatic hydroxyl groups excluding tert-OH is 1. The van der Waals surface area contributed by atoms with Gasteiger partial charge in [-0.25, -0.2) is 0 Å². The van der Waals surface area contributed by atoms with Crippen molar-refractivity contribution in [2.45, 2.75) is 20.0 Å². The van der Waals surface area contributed by atoms with Crippen molar-refractivity contribution < 1.29 is 9.90 Å². The lowest BCUT2D eigenvalue weighted by atomic mass is 10.0. The first kappa shape index (κ1) is 11.7. The molecule has 0 amide bonds. The summed E-state index contributed by atoms with van der Waals surface area (Å²) in [4.78, 5) is 11.4. The summed E-state index contributed by atoms with van der Waals surface area (Å²) in [6.45, 7) is 3.64. The Labute approximate surface area is 90.3 Å². The topological polar surface area (TPSA) is 37.3 Å². The zero-order valence-corrected chi connectivity index (χ0v) is 9.05. The van der Waals surface area contributed by atoms with Gasteiger partial charge in [-0.15, -0.1) is 0 Å². The maximum atomic E-state index is 11.4. The Kier molecular flexibility index (Phi) is 4.25. The third-order valence-corrected chi connectivity index (χ3v) is 2.16. The average molecular weight is 204 g/mol. The van der Waals surface area contributed by atoms with Gasteiger partial charge in [0.05, 0.1) is 0 Å². The fourth-order valence-electron chi connectivity index (χ4n) is 1.17. The van der Waals surface area contributed by atoms with Crippen molar-refractivity contribution in [3.8, 4) is 0 Å². The predicted molar refractivity (Wildman–Crippen MR) is 61.3 cm³/mol. The molecule has 1 atom stereocenters. The van der Waals surface area contributed by atoms with Crippen LogP contribution in [0.1, 0.15) is 19.4 Å². The molecular formula is C13H16O2. The van der Waals surface area contributed by atoms with Gasteiger partial charge in [0.15, 0.2) is 5.78 Å². The van der Waals surface area contributed by atoms with Crippen LogP contribution < -0.4 is 0 Å². The molecule has 0 saturated carbocycles. The predicted octanol–water partition coefficient (Wildman–Crippen LogP) is 2.29. The first-order valence-electron chi connectivity index (χ1n) is 5.06. The van der Waals surface area contributed by atoms with Crippen molar-refractivity contribution in [3.05, 3.63) is 42.0 Å². The van der Waals surface area contributed by atoms with E-state index in [-0.39, 0.29) is 11.7 Å². The Bertz CT molecular complexity index is 339. The molecule has 2 heteroatoms. The van der Waals surface area contributed by atoms with E-state index in [0.717, 1.165) is 5.56 Å². The Hall–Kier alpha value is -1.41. The highest BCUT2D eigenvalue weighted by Crippen LogP contribution is 2.06. The second-order valence-corrected chi connectivity index (χ2v) is 3.84. The fraction of sp³-hybridized carbons (Fsp3) is 0.308. The van der Waals surface area contributed by atoms with Crippen molar-refractivity contribution in [2.75, 3.05) is 0 Å². The van der Waals surface area contributed by atoms with Crippen LogP contribution in [0.5, 0.6) is 0 Å². The average Bonchev–Trinajstić information content (AvgIpc) is 2.26. The van der Waals surface area contributed by atoms with Gasteiger partial charge in [-0.05, 0) is 17.6 Å². The zero-order valence-electron chi connectivity index (χ0n) is 9.05. The summed E-state index contributed by atoms with van der Waals surface area (Å²) >= 11 is 0. The summed E-state index contributed by atoms with van der Waals surface area (Å²) in [5.41, 5.74) is 0.960. The molecule has 0 aromatic heterocycles. The van der Waals surface area contributed by atoms with Gasteiger partial charge in [-0.1, -0.05) is 50.3 Å². The van der Waals surface area contributed by atoms with Crippen LogP contribution in [0, 0.1) is 5.92 Å². The molecule has 80 valence electrons. The van der Waals surface area contributed by atoms with E-state index in [4.69, 9.17) is 0 Å². The number of rotatable bonds is 4. The first-order valence-corrected chi connectivity index (χ1v) is 5.06. The van der Waals surface area contributed by atoms with E-state index in [2.05, 4.69) is 0 Å². The Morgan fingerprint density at radius 3 is 2.40 bits per heavy atom. The Morgan fingerprint density at radius 2 is 1.87 bits per heavy atom. The molecule has 0 unspecified atom stereocenters. The van der Waals surface area contributed by atoms with Crippen LogP contribution in [0.15, 0.2) is 36.4 Å². The molecular weight excluding hydrogens is 188 g/mol. The summed E-state index contributed by atoms with van der Waals surface area (Å²) in [6, 6.07) is 9.55. The normalized spacial score (nSPS) is 13.3. The fourth-order valence-corrected chi connectivity index (χ4v) is 1.17. The second kappa shape index (κ2) is 5.47. The van der Waals surface area contributed by atoms with E-state index < -0.39 is 6.10 Å².